The molecule has 3 heterocycles. The van der Waals surface area contributed by atoms with E-state index in [1.165, 1.54) is 4.90 Å². The number of imide groups is 1. The van der Waals surface area contributed by atoms with Crippen molar-refractivity contribution < 1.29 is 9.59 Å². The third kappa shape index (κ3) is 2.22. The maximum Gasteiger partial charge on any atom is 0.253 e. The van der Waals surface area contributed by atoms with E-state index in [2.05, 4.69) is 38.1 Å². The maximum atomic E-state index is 13.4. The van der Waals surface area contributed by atoms with Crippen molar-refractivity contribution in [2.24, 2.45) is 5.92 Å². The first kappa shape index (κ1) is 16.2. The molecule has 0 spiro atoms. The van der Waals surface area contributed by atoms with Gasteiger partial charge in [-0.2, -0.15) is 0 Å². The van der Waals surface area contributed by atoms with Gasteiger partial charge in [0.1, 0.15) is 6.04 Å². The number of carbonyl (C=O) groups is 2. The number of benzene rings is 2. The van der Waals surface area contributed by atoms with Crippen molar-refractivity contribution in [3.63, 3.8) is 0 Å². The first-order valence-electron chi connectivity index (χ1n) is 8.88. The van der Waals surface area contributed by atoms with Gasteiger partial charge in [-0.15, -0.1) is 0 Å². The summed E-state index contributed by atoms with van der Waals surface area (Å²) in [7, 11) is 0. The molecule has 5 rings (SSSR count). The van der Waals surface area contributed by atoms with Crippen LogP contribution in [0, 0.1) is 5.92 Å². The van der Waals surface area contributed by atoms with Crippen LogP contribution in [0.1, 0.15) is 18.0 Å². The van der Waals surface area contributed by atoms with Crippen LogP contribution in [0.2, 0.25) is 0 Å². The number of hydrazine groups is 1. The lowest BCUT2D eigenvalue weighted by atomic mass is 9.90. The largest absolute Gasteiger partial charge is 0.274 e. The number of amides is 2. The highest BCUT2D eigenvalue weighted by molar-refractivity contribution is 9.10. The Balaban J connectivity index is 1.60. The van der Waals surface area contributed by atoms with Crippen LogP contribution in [0.15, 0.2) is 59.1 Å². The summed E-state index contributed by atoms with van der Waals surface area (Å²) < 4.78 is 0.857. The Labute approximate surface area is 160 Å². The van der Waals surface area contributed by atoms with E-state index < -0.39 is 6.04 Å². The molecule has 2 aromatic carbocycles. The van der Waals surface area contributed by atoms with E-state index in [1.807, 2.05) is 42.5 Å². The van der Waals surface area contributed by atoms with Gasteiger partial charge in [-0.3, -0.25) is 9.59 Å². The maximum absolute atomic E-state index is 13.4. The molecule has 2 aromatic rings. The van der Waals surface area contributed by atoms with Crippen LogP contribution >= 0.6 is 15.9 Å². The molecule has 0 N–H and O–H groups in total. The Kier molecular flexibility index (Phi) is 3.74. The molecule has 3 fully saturated rings. The molecule has 0 bridgehead atoms. The summed E-state index contributed by atoms with van der Waals surface area (Å²) in [6.07, 6.45) is 1.02. The second kappa shape index (κ2) is 6.01. The van der Waals surface area contributed by atoms with Crippen molar-refractivity contribution in [3.05, 3.63) is 64.6 Å². The van der Waals surface area contributed by atoms with Crippen LogP contribution in [-0.2, 0) is 9.59 Å². The molecule has 0 saturated carbocycles. The molecule has 26 heavy (non-hydrogen) atoms. The van der Waals surface area contributed by atoms with Crippen LogP contribution in [0.4, 0.5) is 5.69 Å². The molecular formula is C20H18BrN3O2. The first-order valence-corrected chi connectivity index (χ1v) is 9.67. The Hall–Kier alpha value is -2.02. The van der Waals surface area contributed by atoms with E-state index in [0.29, 0.717) is 5.69 Å². The lowest BCUT2D eigenvalue weighted by Crippen LogP contribution is -2.44. The zero-order chi connectivity index (χ0) is 17.8. The van der Waals surface area contributed by atoms with Gasteiger partial charge in [-0.25, -0.2) is 14.9 Å². The number of rotatable bonds is 2. The fourth-order valence-electron chi connectivity index (χ4n) is 4.63. The molecule has 3 aliphatic rings. The molecule has 5 nitrogen and oxygen atoms in total. The van der Waals surface area contributed by atoms with E-state index in [0.717, 1.165) is 29.5 Å². The predicted molar refractivity (Wildman–Crippen MR) is 101 cm³/mol. The minimum Gasteiger partial charge on any atom is -0.274 e. The van der Waals surface area contributed by atoms with Gasteiger partial charge in [-0.05, 0) is 30.2 Å². The number of halogens is 1. The van der Waals surface area contributed by atoms with Crippen molar-refractivity contribution in [2.75, 3.05) is 18.0 Å². The average molecular weight is 412 g/mol. The zero-order valence-corrected chi connectivity index (χ0v) is 15.7. The Bertz CT molecular complexity index is 888. The molecule has 0 aromatic heterocycles. The fourth-order valence-corrected chi connectivity index (χ4v) is 5.02. The van der Waals surface area contributed by atoms with Crippen molar-refractivity contribution in [1.29, 1.82) is 0 Å². The van der Waals surface area contributed by atoms with Crippen LogP contribution in [0.25, 0.3) is 0 Å². The van der Waals surface area contributed by atoms with Gasteiger partial charge in [-0.1, -0.05) is 52.3 Å². The lowest BCUT2D eigenvalue weighted by molar-refractivity contribution is -0.126. The van der Waals surface area contributed by atoms with Gasteiger partial charge >= 0.3 is 0 Å². The minimum atomic E-state index is -0.394. The Morgan fingerprint density at radius 3 is 2.31 bits per heavy atom. The summed E-state index contributed by atoms with van der Waals surface area (Å²) in [5.74, 6) is -0.561. The van der Waals surface area contributed by atoms with E-state index in [4.69, 9.17) is 0 Å². The highest BCUT2D eigenvalue weighted by Gasteiger charge is 2.62. The lowest BCUT2D eigenvalue weighted by Gasteiger charge is -2.29. The van der Waals surface area contributed by atoms with Gasteiger partial charge in [0.2, 0.25) is 5.91 Å². The fraction of sp³-hybridized carbons (Fsp3) is 0.300. The number of hydrogen-bond acceptors (Lipinski definition) is 4. The molecular weight excluding hydrogens is 394 g/mol. The molecule has 2 amide bonds. The zero-order valence-electron chi connectivity index (χ0n) is 14.1. The average Bonchev–Trinajstić information content (AvgIpc) is 3.28. The number of fused-ring (bicyclic) bond motifs is 3. The standard InChI is InChI=1S/C20H18BrN3O2/c21-14-8-4-9-15(12-14)24-19(25)16-17(13-6-2-1-3-7-13)22-10-5-11-23(22)18(16)20(24)26/h1-4,6-9,12,16-18H,5,10-11H2/t16-,17-,18+/m1/s1. The molecule has 3 aliphatic heterocycles. The van der Waals surface area contributed by atoms with Crippen LogP contribution < -0.4 is 4.90 Å². The molecule has 132 valence electrons. The Morgan fingerprint density at radius 1 is 0.846 bits per heavy atom. The third-order valence-corrected chi connectivity index (χ3v) is 6.11. The van der Waals surface area contributed by atoms with E-state index >= 15 is 0 Å². The molecule has 3 atom stereocenters. The van der Waals surface area contributed by atoms with E-state index in [-0.39, 0.29) is 23.8 Å². The van der Waals surface area contributed by atoms with Crippen LogP contribution in [-0.4, -0.2) is 41.0 Å². The summed E-state index contributed by atoms with van der Waals surface area (Å²) in [6, 6.07) is 17.0. The summed E-state index contributed by atoms with van der Waals surface area (Å²) in [5, 5.41) is 4.36. The monoisotopic (exact) mass is 411 g/mol. The Morgan fingerprint density at radius 2 is 1.58 bits per heavy atom. The van der Waals surface area contributed by atoms with Gasteiger partial charge in [0, 0.05) is 17.6 Å². The van der Waals surface area contributed by atoms with Crippen molar-refractivity contribution in [2.45, 2.75) is 18.5 Å². The van der Waals surface area contributed by atoms with Gasteiger partial charge in [0.25, 0.3) is 5.91 Å². The van der Waals surface area contributed by atoms with Crippen molar-refractivity contribution in [1.82, 2.24) is 10.0 Å². The quantitative estimate of drug-likeness (QED) is 0.712. The van der Waals surface area contributed by atoms with Crippen molar-refractivity contribution >= 4 is 33.4 Å². The number of carbonyl (C=O) groups excluding carboxylic acids is 2. The highest BCUT2D eigenvalue weighted by Crippen LogP contribution is 2.48. The smallest absolute Gasteiger partial charge is 0.253 e. The highest BCUT2D eigenvalue weighted by atomic mass is 79.9. The first-order chi connectivity index (χ1) is 12.7. The van der Waals surface area contributed by atoms with Gasteiger partial charge < -0.3 is 0 Å². The molecule has 0 radical (unpaired) electrons. The van der Waals surface area contributed by atoms with E-state index in [9.17, 15) is 9.59 Å². The molecule has 0 unspecified atom stereocenters. The predicted octanol–water partition coefficient (Wildman–Crippen LogP) is 2.98. The third-order valence-electron chi connectivity index (χ3n) is 5.61. The molecule has 0 aliphatic carbocycles. The second-order valence-electron chi connectivity index (χ2n) is 7.00. The number of anilines is 1. The number of hydrogen-bond donors (Lipinski definition) is 0. The molecule has 3 saturated heterocycles. The number of nitrogens with zero attached hydrogens (tertiary/aromatic N) is 3. The summed E-state index contributed by atoms with van der Waals surface area (Å²) in [5.41, 5.74) is 1.74. The van der Waals surface area contributed by atoms with E-state index in [1.54, 1.807) is 0 Å². The van der Waals surface area contributed by atoms with Crippen molar-refractivity contribution in [3.8, 4) is 0 Å². The normalized spacial score (nSPS) is 28.7. The van der Waals surface area contributed by atoms with Gasteiger partial charge in [0.05, 0.1) is 17.6 Å². The van der Waals surface area contributed by atoms with Crippen LogP contribution in [0.3, 0.4) is 0 Å². The minimum absolute atomic E-state index is 0.0719. The summed E-state index contributed by atoms with van der Waals surface area (Å²) in [6.45, 7) is 1.72. The SMILES string of the molecule is O=C1[C@H]2[C@@H](C(=O)N1c1cccc(Br)c1)N1CCCN1[C@@H]2c1ccccc1. The van der Waals surface area contributed by atoms with Crippen LogP contribution in [0.5, 0.6) is 0 Å². The summed E-state index contributed by atoms with van der Waals surface area (Å²) in [4.78, 5) is 28.0. The summed E-state index contributed by atoms with van der Waals surface area (Å²) >= 11 is 3.44. The topological polar surface area (TPSA) is 43.9 Å². The molecule has 6 heteroatoms. The van der Waals surface area contributed by atoms with Gasteiger partial charge in [0.15, 0.2) is 0 Å². The second-order valence-corrected chi connectivity index (χ2v) is 7.91.